The highest BCUT2D eigenvalue weighted by molar-refractivity contribution is 7.17. The fraction of sp³-hybridized carbons (Fsp3) is 0.480. The monoisotopic (exact) mass is 450 g/mol. The largest absolute Gasteiger partial charge is 0.377 e. The number of aromatic nitrogens is 2. The molecule has 1 amide bonds. The quantitative estimate of drug-likeness (QED) is 0.543. The van der Waals surface area contributed by atoms with Crippen molar-refractivity contribution in [1.29, 1.82) is 0 Å². The van der Waals surface area contributed by atoms with Crippen LogP contribution in [0, 0.1) is 5.92 Å². The summed E-state index contributed by atoms with van der Waals surface area (Å²) in [7, 11) is 1.68. The maximum absolute atomic E-state index is 12.6. The molecule has 32 heavy (non-hydrogen) atoms. The summed E-state index contributed by atoms with van der Waals surface area (Å²) in [6.07, 6.45) is 5.05. The maximum Gasteiger partial charge on any atom is 0.222 e. The molecule has 0 aliphatic carbocycles. The molecule has 2 aliphatic heterocycles. The van der Waals surface area contributed by atoms with Gasteiger partial charge in [-0.3, -0.25) is 4.79 Å². The highest BCUT2D eigenvalue weighted by Gasteiger charge is 2.27. The number of amides is 1. The summed E-state index contributed by atoms with van der Waals surface area (Å²) >= 11 is 1.67. The zero-order valence-electron chi connectivity index (χ0n) is 18.6. The smallest absolute Gasteiger partial charge is 0.222 e. The summed E-state index contributed by atoms with van der Waals surface area (Å²) in [5.74, 6) is 2.54. The molecule has 0 unspecified atom stereocenters. The lowest BCUT2D eigenvalue weighted by Gasteiger charge is -2.33. The van der Waals surface area contributed by atoms with E-state index in [4.69, 9.17) is 14.7 Å². The third-order valence-corrected chi connectivity index (χ3v) is 7.53. The van der Waals surface area contributed by atoms with Gasteiger partial charge in [0.25, 0.3) is 0 Å². The number of carbonyl (C=O) groups excluding carboxylic acids is 1. The van der Waals surface area contributed by atoms with Crippen molar-refractivity contribution < 1.29 is 9.53 Å². The van der Waals surface area contributed by atoms with E-state index in [9.17, 15) is 4.79 Å². The Balaban J connectivity index is 1.39. The van der Waals surface area contributed by atoms with Crippen molar-refractivity contribution in [3.63, 3.8) is 0 Å². The average Bonchev–Trinajstić information content (AvgIpc) is 3.50. The van der Waals surface area contributed by atoms with E-state index < -0.39 is 0 Å². The topological polar surface area (TPSA) is 58.6 Å². The normalized spacial score (nSPS) is 17.4. The van der Waals surface area contributed by atoms with Crippen molar-refractivity contribution in [2.75, 3.05) is 38.2 Å². The molecule has 0 N–H and O–H groups in total. The van der Waals surface area contributed by atoms with Crippen molar-refractivity contribution in [3.05, 3.63) is 41.5 Å². The van der Waals surface area contributed by atoms with Crippen LogP contribution in [0.2, 0.25) is 0 Å². The molecule has 0 atom stereocenters. The number of carbonyl (C=O) groups is 1. The summed E-state index contributed by atoms with van der Waals surface area (Å²) in [6.45, 7) is 4.13. The van der Waals surface area contributed by atoms with Gasteiger partial charge in [0, 0.05) is 50.7 Å². The lowest BCUT2D eigenvalue weighted by Crippen LogP contribution is -2.37. The molecular weight excluding hydrogens is 420 g/mol. The van der Waals surface area contributed by atoms with Crippen LogP contribution in [0.4, 0.5) is 5.82 Å². The molecule has 0 spiro atoms. The first-order valence-corrected chi connectivity index (χ1v) is 12.5. The number of ether oxygens (including phenoxy) is 1. The molecule has 6 nitrogen and oxygen atoms in total. The van der Waals surface area contributed by atoms with Crippen LogP contribution in [-0.2, 0) is 16.1 Å². The van der Waals surface area contributed by atoms with Crippen LogP contribution in [-0.4, -0.2) is 54.1 Å². The lowest BCUT2D eigenvalue weighted by molar-refractivity contribution is -0.131. The minimum atomic E-state index is 0.344. The number of anilines is 1. The van der Waals surface area contributed by atoms with Crippen LogP contribution in [0.3, 0.4) is 0 Å². The number of thiophene rings is 1. The SMILES string of the molecule is COCc1nc(N2CCC(CC(=O)N3CCCC3)CC2)c2c(-c3ccccc3)csc2n1. The molecule has 2 aromatic heterocycles. The number of nitrogens with zero attached hydrogens (tertiary/aromatic N) is 4. The highest BCUT2D eigenvalue weighted by Crippen LogP contribution is 2.39. The number of rotatable bonds is 6. The minimum absolute atomic E-state index is 0.344. The predicted octanol–water partition coefficient (Wildman–Crippen LogP) is 4.73. The Labute approximate surface area is 193 Å². The third kappa shape index (κ3) is 4.36. The molecule has 2 fully saturated rings. The number of methoxy groups -OCH3 is 1. The zero-order chi connectivity index (χ0) is 21.9. The van der Waals surface area contributed by atoms with E-state index in [-0.39, 0.29) is 0 Å². The van der Waals surface area contributed by atoms with E-state index in [2.05, 4.69) is 39.4 Å². The minimum Gasteiger partial charge on any atom is -0.377 e. The Hall–Kier alpha value is -2.51. The summed E-state index contributed by atoms with van der Waals surface area (Å²) in [5, 5.41) is 3.32. The molecular formula is C25H30N4O2S. The van der Waals surface area contributed by atoms with Gasteiger partial charge >= 0.3 is 0 Å². The van der Waals surface area contributed by atoms with Gasteiger partial charge in [-0.1, -0.05) is 30.3 Å². The summed E-state index contributed by atoms with van der Waals surface area (Å²) < 4.78 is 5.34. The Morgan fingerprint density at radius 2 is 1.84 bits per heavy atom. The zero-order valence-corrected chi connectivity index (χ0v) is 19.4. The second-order valence-electron chi connectivity index (χ2n) is 8.81. The van der Waals surface area contributed by atoms with Crippen LogP contribution in [0.5, 0.6) is 0 Å². The van der Waals surface area contributed by atoms with E-state index in [1.54, 1.807) is 18.4 Å². The molecule has 4 heterocycles. The van der Waals surface area contributed by atoms with Gasteiger partial charge in [0.1, 0.15) is 17.3 Å². The molecule has 0 radical (unpaired) electrons. The Bertz CT molecular complexity index is 1070. The maximum atomic E-state index is 12.6. The molecule has 2 aliphatic rings. The number of fused-ring (bicyclic) bond motifs is 1. The average molecular weight is 451 g/mol. The first kappa shape index (κ1) is 21.3. The number of hydrogen-bond acceptors (Lipinski definition) is 6. The van der Waals surface area contributed by atoms with Crippen LogP contribution in [0.1, 0.15) is 37.9 Å². The molecule has 168 valence electrons. The van der Waals surface area contributed by atoms with Crippen LogP contribution in [0.15, 0.2) is 35.7 Å². The van der Waals surface area contributed by atoms with Gasteiger partial charge in [0.15, 0.2) is 5.82 Å². The first-order chi connectivity index (χ1) is 15.7. The van der Waals surface area contributed by atoms with Gasteiger partial charge in [-0.25, -0.2) is 9.97 Å². The van der Waals surface area contributed by atoms with Gasteiger partial charge in [-0.15, -0.1) is 11.3 Å². The van der Waals surface area contributed by atoms with Crippen molar-refractivity contribution in [2.45, 2.75) is 38.7 Å². The van der Waals surface area contributed by atoms with E-state index >= 15 is 0 Å². The molecule has 7 heteroatoms. The fourth-order valence-corrected chi connectivity index (χ4v) is 5.87. The van der Waals surface area contributed by atoms with Crippen molar-refractivity contribution in [3.8, 4) is 11.1 Å². The van der Waals surface area contributed by atoms with Crippen molar-refractivity contribution in [2.24, 2.45) is 5.92 Å². The predicted molar refractivity (Wildman–Crippen MR) is 129 cm³/mol. The van der Waals surface area contributed by atoms with Crippen molar-refractivity contribution in [1.82, 2.24) is 14.9 Å². The Morgan fingerprint density at radius 3 is 2.56 bits per heavy atom. The number of benzene rings is 1. The van der Waals surface area contributed by atoms with Gasteiger partial charge in [0.05, 0.1) is 5.39 Å². The van der Waals surface area contributed by atoms with E-state index in [1.165, 1.54) is 11.1 Å². The molecule has 0 bridgehead atoms. The summed E-state index contributed by atoms with van der Waals surface area (Å²) in [5.41, 5.74) is 2.38. The van der Waals surface area contributed by atoms with Gasteiger partial charge < -0.3 is 14.5 Å². The molecule has 5 rings (SSSR count). The Morgan fingerprint density at radius 1 is 1.09 bits per heavy atom. The van der Waals surface area contributed by atoms with E-state index in [1.807, 2.05) is 6.07 Å². The van der Waals surface area contributed by atoms with Gasteiger partial charge in [0.2, 0.25) is 5.91 Å². The second kappa shape index (κ2) is 9.55. The van der Waals surface area contributed by atoms with Crippen LogP contribution < -0.4 is 4.90 Å². The molecule has 1 aromatic carbocycles. The van der Waals surface area contributed by atoms with Gasteiger partial charge in [-0.2, -0.15) is 0 Å². The molecule has 0 saturated carbocycles. The third-order valence-electron chi connectivity index (χ3n) is 6.66. The number of hydrogen-bond donors (Lipinski definition) is 0. The lowest BCUT2D eigenvalue weighted by atomic mass is 9.92. The summed E-state index contributed by atoms with van der Waals surface area (Å²) in [4.78, 5) is 27.8. The molecule has 2 saturated heterocycles. The summed E-state index contributed by atoms with van der Waals surface area (Å²) in [6, 6.07) is 10.5. The fourth-order valence-electron chi connectivity index (χ4n) is 4.91. The van der Waals surface area contributed by atoms with Crippen LogP contribution in [0.25, 0.3) is 21.3 Å². The highest BCUT2D eigenvalue weighted by atomic mass is 32.1. The van der Waals surface area contributed by atoms with Crippen molar-refractivity contribution >= 4 is 33.3 Å². The molecule has 3 aromatic rings. The van der Waals surface area contributed by atoms with Crippen LogP contribution >= 0.6 is 11.3 Å². The standard InChI is InChI=1S/C25H30N4O2S/c1-31-16-21-26-24(23-20(17-32-25(23)27-21)19-7-3-2-4-8-19)29-13-9-18(10-14-29)15-22(30)28-11-5-6-12-28/h2-4,7-8,17-18H,5-6,9-16H2,1H3. The van der Waals surface area contributed by atoms with Gasteiger partial charge in [-0.05, 0) is 37.2 Å². The van der Waals surface area contributed by atoms with E-state index in [0.29, 0.717) is 24.9 Å². The first-order valence-electron chi connectivity index (χ1n) is 11.6. The number of piperidine rings is 1. The van der Waals surface area contributed by atoms with E-state index in [0.717, 1.165) is 73.7 Å². The second-order valence-corrected chi connectivity index (χ2v) is 9.67. The number of likely N-dealkylation sites (tertiary alicyclic amines) is 1. The Kier molecular flexibility index (Phi) is 6.37.